The number of benzene rings is 1. The van der Waals surface area contributed by atoms with E-state index in [0.29, 0.717) is 0 Å². The first-order chi connectivity index (χ1) is 8.30. The monoisotopic (exact) mass is 274 g/mol. The molecule has 1 aromatic carbocycles. The van der Waals surface area contributed by atoms with Gasteiger partial charge in [-0.05, 0) is 12.1 Å². The summed E-state index contributed by atoms with van der Waals surface area (Å²) >= 11 is 0. The van der Waals surface area contributed by atoms with Crippen molar-refractivity contribution in [1.82, 2.24) is 5.32 Å². The van der Waals surface area contributed by atoms with Crippen LogP contribution in [0.3, 0.4) is 0 Å². The summed E-state index contributed by atoms with van der Waals surface area (Å²) in [5.41, 5.74) is -0.171. The van der Waals surface area contributed by atoms with Crippen molar-refractivity contribution in [3.63, 3.8) is 0 Å². The van der Waals surface area contributed by atoms with Crippen molar-refractivity contribution in [3.8, 4) is 0 Å². The van der Waals surface area contributed by atoms with Crippen LogP contribution in [0.4, 0.5) is 9.57 Å². The third-order valence-corrected chi connectivity index (χ3v) is 2.80. The number of hydrogen-bond donors (Lipinski definition) is 2. The number of carbonyl (C=O) groups excluding carboxylic acids is 2. The molecule has 0 unspecified atom stereocenters. The van der Waals surface area contributed by atoms with Crippen LogP contribution in [-0.4, -0.2) is 26.8 Å². The minimum Gasteiger partial charge on any atom is -0.347 e. The summed E-state index contributed by atoms with van der Waals surface area (Å²) in [6.07, 6.45) is 0. The minimum absolute atomic E-state index is 0.171. The number of halogens is 1. The Kier molecular flexibility index (Phi) is 4.38. The molecule has 0 aliphatic rings. The third-order valence-electron chi connectivity index (χ3n) is 1.92. The highest BCUT2D eigenvalue weighted by atomic mass is 32.3. The summed E-state index contributed by atoms with van der Waals surface area (Å²) in [5, 5.41) is 4.43. The van der Waals surface area contributed by atoms with Crippen LogP contribution < -0.4 is 10.6 Å². The zero-order valence-electron chi connectivity index (χ0n) is 9.44. The standard InChI is InChI=1S/C10H11FN2O4S/c1-7(14)12-6-10(15)13-8-4-2-3-5-9(8)18(11,16)17/h2-5H,6H2,1H3,(H,12,14)(H,13,15). The van der Waals surface area contributed by atoms with Gasteiger partial charge in [-0.1, -0.05) is 12.1 Å². The lowest BCUT2D eigenvalue weighted by Crippen LogP contribution is -2.31. The second-order valence-electron chi connectivity index (χ2n) is 3.39. The zero-order valence-corrected chi connectivity index (χ0v) is 10.3. The molecule has 0 atom stereocenters. The summed E-state index contributed by atoms with van der Waals surface area (Å²) in [6.45, 7) is 0.906. The molecule has 0 aliphatic heterocycles. The van der Waals surface area contributed by atoms with Gasteiger partial charge in [0.05, 0.1) is 12.2 Å². The van der Waals surface area contributed by atoms with Crippen molar-refractivity contribution in [2.45, 2.75) is 11.8 Å². The molecule has 0 radical (unpaired) electrons. The molecule has 98 valence electrons. The van der Waals surface area contributed by atoms with E-state index in [0.717, 1.165) is 6.07 Å². The lowest BCUT2D eigenvalue weighted by molar-refractivity contribution is -0.122. The number of amides is 2. The maximum absolute atomic E-state index is 12.9. The molecule has 0 saturated heterocycles. The van der Waals surface area contributed by atoms with Crippen LogP contribution in [0.1, 0.15) is 6.92 Å². The van der Waals surface area contributed by atoms with Crippen LogP contribution in [0.25, 0.3) is 0 Å². The summed E-state index contributed by atoms with van der Waals surface area (Å²) in [4.78, 5) is 21.3. The SMILES string of the molecule is CC(=O)NCC(=O)Nc1ccccc1S(=O)(=O)F. The Balaban J connectivity index is 2.85. The summed E-state index contributed by atoms with van der Waals surface area (Å²) in [5.74, 6) is -1.06. The van der Waals surface area contributed by atoms with E-state index in [9.17, 15) is 21.9 Å². The minimum atomic E-state index is -4.91. The van der Waals surface area contributed by atoms with Crippen LogP contribution in [0.5, 0.6) is 0 Å². The van der Waals surface area contributed by atoms with Gasteiger partial charge in [0.25, 0.3) is 0 Å². The second kappa shape index (κ2) is 5.58. The first kappa shape index (κ1) is 14.1. The van der Waals surface area contributed by atoms with E-state index in [4.69, 9.17) is 0 Å². The molecule has 8 heteroatoms. The first-order valence-electron chi connectivity index (χ1n) is 4.88. The maximum Gasteiger partial charge on any atom is 0.334 e. The van der Waals surface area contributed by atoms with Crippen LogP contribution in [0.15, 0.2) is 29.2 Å². The predicted molar refractivity (Wildman–Crippen MR) is 62.0 cm³/mol. The molecule has 0 aliphatic carbocycles. The van der Waals surface area contributed by atoms with Gasteiger partial charge in [0.15, 0.2) is 0 Å². The first-order valence-corrected chi connectivity index (χ1v) is 6.27. The lowest BCUT2D eigenvalue weighted by atomic mass is 10.3. The molecular weight excluding hydrogens is 263 g/mol. The van der Waals surface area contributed by atoms with Crippen LogP contribution >= 0.6 is 0 Å². The lowest BCUT2D eigenvalue weighted by Gasteiger charge is -2.08. The molecule has 2 amide bonds. The van der Waals surface area contributed by atoms with Crippen LogP contribution in [0, 0.1) is 0 Å². The normalized spacial score (nSPS) is 10.8. The Morgan fingerprint density at radius 3 is 2.44 bits per heavy atom. The van der Waals surface area contributed by atoms with E-state index in [1.165, 1.54) is 25.1 Å². The molecule has 0 aromatic heterocycles. The number of para-hydroxylation sites is 1. The van der Waals surface area contributed by atoms with E-state index >= 15 is 0 Å². The molecule has 0 fully saturated rings. The van der Waals surface area contributed by atoms with Crippen molar-refractivity contribution in [3.05, 3.63) is 24.3 Å². The van der Waals surface area contributed by atoms with Crippen molar-refractivity contribution in [1.29, 1.82) is 0 Å². The number of rotatable bonds is 4. The van der Waals surface area contributed by atoms with Gasteiger partial charge in [0, 0.05) is 6.92 Å². The van der Waals surface area contributed by atoms with E-state index in [1.54, 1.807) is 0 Å². The second-order valence-corrected chi connectivity index (χ2v) is 4.71. The van der Waals surface area contributed by atoms with Crippen molar-refractivity contribution in [2.75, 3.05) is 11.9 Å². The van der Waals surface area contributed by atoms with Gasteiger partial charge < -0.3 is 10.6 Å². The van der Waals surface area contributed by atoms with Gasteiger partial charge in [-0.25, -0.2) is 0 Å². The quantitative estimate of drug-likeness (QED) is 0.778. The van der Waals surface area contributed by atoms with Crippen molar-refractivity contribution >= 4 is 27.7 Å². The number of carbonyl (C=O) groups is 2. The fourth-order valence-corrected chi connectivity index (χ4v) is 1.80. The Hall–Kier alpha value is -1.96. The fourth-order valence-electron chi connectivity index (χ4n) is 1.18. The van der Waals surface area contributed by atoms with Crippen LogP contribution in [0.2, 0.25) is 0 Å². The predicted octanol–water partition coefficient (Wildman–Crippen LogP) is 0.419. The maximum atomic E-state index is 12.9. The van der Waals surface area contributed by atoms with E-state index in [2.05, 4.69) is 10.6 Å². The van der Waals surface area contributed by atoms with Gasteiger partial charge >= 0.3 is 10.2 Å². The molecule has 0 heterocycles. The van der Waals surface area contributed by atoms with E-state index < -0.39 is 26.9 Å². The number of anilines is 1. The van der Waals surface area contributed by atoms with Crippen molar-refractivity contribution in [2.24, 2.45) is 0 Å². The molecule has 18 heavy (non-hydrogen) atoms. The highest BCUT2D eigenvalue weighted by Gasteiger charge is 2.17. The Morgan fingerprint density at radius 1 is 1.28 bits per heavy atom. The fraction of sp³-hybridized carbons (Fsp3) is 0.200. The van der Waals surface area contributed by atoms with Gasteiger partial charge in [-0.3, -0.25) is 9.59 Å². The molecule has 0 saturated carbocycles. The molecular formula is C10H11FN2O4S. The molecule has 6 nitrogen and oxygen atoms in total. The zero-order chi connectivity index (χ0) is 13.8. The average molecular weight is 274 g/mol. The topological polar surface area (TPSA) is 92.3 Å². The molecule has 1 rings (SSSR count). The average Bonchev–Trinajstić information content (AvgIpc) is 2.25. The van der Waals surface area contributed by atoms with Crippen molar-refractivity contribution < 1.29 is 21.9 Å². The molecule has 0 bridgehead atoms. The van der Waals surface area contributed by atoms with Gasteiger partial charge in [-0.2, -0.15) is 8.42 Å². The molecule has 1 aromatic rings. The summed E-state index contributed by atoms with van der Waals surface area (Å²) in [7, 11) is -4.91. The Labute approximate surface area is 103 Å². The number of hydrogen-bond acceptors (Lipinski definition) is 4. The molecule has 2 N–H and O–H groups in total. The number of nitrogens with one attached hydrogen (secondary N) is 2. The Bertz CT molecular complexity index is 571. The summed E-state index contributed by atoms with van der Waals surface area (Å²) in [6, 6.07) is 5.06. The van der Waals surface area contributed by atoms with Crippen LogP contribution in [-0.2, 0) is 19.8 Å². The highest BCUT2D eigenvalue weighted by Crippen LogP contribution is 2.22. The Morgan fingerprint density at radius 2 is 1.89 bits per heavy atom. The smallest absolute Gasteiger partial charge is 0.334 e. The highest BCUT2D eigenvalue weighted by molar-refractivity contribution is 7.86. The largest absolute Gasteiger partial charge is 0.347 e. The van der Waals surface area contributed by atoms with E-state index in [-0.39, 0.29) is 12.2 Å². The van der Waals surface area contributed by atoms with E-state index in [1.807, 2.05) is 0 Å². The summed E-state index contributed by atoms with van der Waals surface area (Å²) < 4.78 is 34.5. The third kappa shape index (κ3) is 4.13. The van der Waals surface area contributed by atoms with Gasteiger partial charge in [0.2, 0.25) is 11.8 Å². The van der Waals surface area contributed by atoms with Gasteiger partial charge in [-0.15, -0.1) is 3.89 Å². The van der Waals surface area contributed by atoms with Gasteiger partial charge in [0.1, 0.15) is 4.90 Å². The molecule has 0 spiro atoms.